The Morgan fingerprint density at radius 2 is 2.30 bits per heavy atom. The van der Waals surface area contributed by atoms with Crippen LogP contribution in [0.2, 0.25) is 5.02 Å². The summed E-state index contributed by atoms with van der Waals surface area (Å²) < 4.78 is 1.63. The van der Waals surface area contributed by atoms with Crippen molar-refractivity contribution in [3.63, 3.8) is 0 Å². The average molecular weight is 295 g/mol. The second kappa shape index (κ2) is 5.70. The van der Waals surface area contributed by atoms with Gasteiger partial charge in [-0.3, -0.25) is 19.6 Å². The molecule has 2 rings (SSSR count). The Hall–Kier alpha value is -2.41. The highest BCUT2D eigenvalue weighted by atomic mass is 35.5. The van der Waals surface area contributed by atoms with E-state index < -0.39 is 10.8 Å². The van der Waals surface area contributed by atoms with Crippen LogP contribution >= 0.6 is 11.6 Å². The van der Waals surface area contributed by atoms with E-state index in [0.717, 1.165) is 11.6 Å². The summed E-state index contributed by atoms with van der Waals surface area (Å²) in [6, 6.07) is 3.73. The van der Waals surface area contributed by atoms with Gasteiger partial charge in [0.1, 0.15) is 0 Å². The van der Waals surface area contributed by atoms with Crippen molar-refractivity contribution in [1.82, 2.24) is 15.1 Å². The monoisotopic (exact) mass is 294 g/mol. The number of hydrogen-bond donors (Lipinski definition) is 1. The van der Waals surface area contributed by atoms with Crippen LogP contribution in [0.3, 0.4) is 0 Å². The van der Waals surface area contributed by atoms with E-state index in [4.69, 9.17) is 11.6 Å². The first kappa shape index (κ1) is 14.0. The van der Waals surface area contributed by atoms with Crippen LogP contribution in [0.4, 0.5) is 5.69 Å². The van der Waals surface area contributed by atoms with E-state index in [1.54, 1.807) is 24.1 Å². The van der Waals surface area contributed by atoms with Crippen molar-refractivity contribution < 1.29 is 9.72 Å². The molecule has 7 nitrogen and oxygen atoms in total. The fraction of sp³-hybridized carbons (Fsp3) is 0.167. The van der Waals surface area contributed by atoms with Crippen molar-refractivity contribution in [3.05, 3.63) is 56.9 Å². The number of nitrogens with one attached hydrogen (secondary N) is 1. The molecule has 0 bridgehead atoms. The summed E-state index contributed by atoms with van der Waals surface area (Å²) in [6.07, 6.45) is 3.41. The van der Waals surface area contributed by atoms with Crippen molar-refractivity contribution in [3.8, 4) is 0 Å². The lowest BCUT2D eigenvalue weighted by molar-refractivity contribution is -0.384. The number of hydrogen-bond acceptors (Lipinski definition) is 4. The number of amides is 1. The minimum Gasteiger partial charge on any atom is -0.348 e. The number of aryl methyl sites for hydroxylation is 1. The molecule has 1 amide bonds. The number of carbonyl (C=O) groups excluding carboxylic acids is 1. The van der Waals surface area contributed by atoms with Gasteiger partial charge < -0.3 is 5.32 Å². The molecule has 2 aromatic rings. The molecule has 1 aromatic carbocycles. The molecule has 0 radical (unpaired) electrons. The molecule has 0 spiro atoms. The molecule has 0 atom stereocenters. The summed E-state index contributed by atoms with van der Waals surface area (Å²) in [6.45, 7) is 0.306. The van der Waals surface area contributed by atoms with Gasteiger partial charge in [0.25, 0.3) is 11.6 Å². The van der Waals surface area contributed by atoms with E-state index in [2.05, 4.69) is 10.4 Å². The highest BCUT2D eigenvalue weighted by Crippen LogP contribution is 2.22. The molecule has 20 heavy (non-hydrogen) atoms. The number of nitro groups is 1. The smallest absolute Gasteiger partial charge is 0.270 e. The maximum atomic E-state index is 11.9. The third-order valence-electron chi connectivity index (χ3n) is 2.62. The second-order valence-corrected chi connectivity index (χ2v) is 4.53. The van der Waals surface area contributed by atoms with Crippen LogP contribution in [0.15, 0.2) is 30.6 Å². The Morgan fingerprint density at radius 3 is 2.85 bits per heavy atom. The van der Waals surface area contributed by atoms with E-state index in [1.807, 2.05) is 0 Å². The predicted molar refractivity (Wildman–Crippen MR) is 72.5 cm³/mol. The highest BCUT2D eigenvalue weighted by Gasteiger charge is 2.14. The summed E-state index contributed by atoms with van der Waals surface area (Å²) >= 11 is 5.87. The van der Waals surface area contributed by atoms with Crippen molar-refractivity contribution in [2.24, 2.45) is 7.05 Å². The number of nitrogens with zero attached hydrogens (tertiary/aromatic N) is 3. The largest absolute Gasteiger partial charge is 0.348 e. The number of rotatable bonds is 4. The third kappa shape index (κ3) is 3.12. The lowest BCUT2D eigenvalue weighted by atomic mass is 10.2. The number of nitro benzene ring substituents is 1. The predicted octanol–water partition coefficient (Wildman–Crippen LogP) is 1.91. The van der Waals surface area contributed by atoms with Gasteiger partial charge in [-0.25, -0.2) is 0 Å². The molecule has 0 aliphatic rings. The molecule has 104 valence electrons. The number of non-ortho nitro benzene ring substituents is 1. The van der Waals surface area contributed by atoms with Gasteiger partial charge in [0.15, 0.2) is 0 Å². The Kier molecular flexibility index (Phi) is 3.99. The molecule has 0 saturated carbocycles. The molecule has 0 unspecified atom stereocenters. The summed E-state index contributed by atoms with van der Waals surface area (Å²) in [5.41, 5.74) is 0.888. The molecule has 8 heteroatoms. The van der Waals surface area contributed by atoms with E-state index in [0.29, 0.717) is 6.54 Å². The van der Waals surface area contributed by atoms with Crippen LogP contribution < -0.4 is 5.32 Å². The van der Waals surface area contributed by atoms with E-state index >= 15 is 0 Å². The normalized spacial score (nSPS) is 10.3. The van der Waals surface area contributed by atoms with Crippen LogP contribution in [0.25, 0.3) is 0 Å². The minimum absolute atomic E-state index is 0.0443. The van der Waals surface area contributed by atoms with Gasteiger partial charge in [-0.15, -0.1) is 0 Å². The Morgan fingerprint density at radius 1 is 1.55 bits per heavy atom. The first-order valence-corrected chi connectivity index (χ1v) is 6.05. The van der Waals surface area contributed by atoms with Gasteiger partial charge in [-0.2, -0.15) is 5.10 Å². The minimum atomic E-state index is -0.566. The highest BCUT2D eigenvalue weighted by molar-refractivity contribution is 6.34. The Bertz CT molecular complexity index is 668. The van der Waals surface area contributed by atoms with Gasteiger partial charge >= 0.3 is 0 Å². The molecule has 1 aromatic heterocycles. The van der Waals surface area contributed by atoms with Crippen molar-refractivity contribution in [2.75, 3.05) is 0 Å². The SMILES string of the molecule is Cn1cc(CNC(=O)c2ccc([N+](=O)[O-])cc2Cl)cn1. The Labute approximate surface area is 119 Å². The van der Waals surface area contributed by atoms with Crippen LogP contribution in [0.5, 0.6) is 0 Å². The van der Waals surface area contributed by atoms with Gasteiger partial charge in [-0.05, 0) is 6.07 Å². The zero-order valence-electron chi connectivity index (χ0n) is 10.5. The van der Waals surface area contributed by atoms with E-state index in [-0.39, 0.29) is 16.3 Å². The van der Waals surface area contributed by atoms with Gasteiger partial charge in [-0.1, -0.05) is 11.6 Å². The summed E-state index contributed by atoms with van der Waals surface area (Å²) in [4.78, 5) is 22.0. The second-order valence-electron chi connectivity index (χ2n) is 4.13. The van der Waals surface area contributed by atoms with Crippen LogP contribution in [-0.2, 0) is 13.6 Å². The summed E-state index contributed by atoms with van der Waals surface area (Å²) in [7, 11) is 1.78. The van der Waals surface area contributed by atoms with Crippen LogP contribution in [0.1, 0.15) is 15.9 Å². The first-order chi connectivity index (χ1) is 9.47. The number of halogens is 1. The number of aromatic nitrogens is 2. The molecule has 1 N–H and O–H groups in total. The van der Waals surface area contributed by atoms with E-state index in [1.165, 1.54) is 12.1 Å². The number of carbonyl (C=O) groups is 1. The first-order valence-electron chi connectivity index (χ1n) is 5.67. The van der Waals surface area contributed by atoms with Crippen molar-refractivity contribution in [1.29, 1.82) is 0 Å². The fourth-order valence-electron chi connectivity index (χ4n) is 1.64. The maximum Gasteiger partial charge on any atom is 0.270 e. The van der Waals surface area contributed by atoms with E-state index in [9.17, 15) is 14.9 Å². The summed E-state index contributed by atoms with van der Waals surface area (Å²) in [5, 5.41) is 17.3. The molecular weight excluding hydrogens is 284 g/mol. The summed E-state index contributed by atoms with van der Waals surface area (Å²) in [5.74, 6) is -0.395. The van der Waals surface area contributed by atoms with Gasteiger partial charge in [0.2, 0.25) is 0 Å². The molecule has 0 aliphatic heterocycles. The van der Waals surface area contributed by atoms with Gasteiger partial charge in [0, 0.05) is 37.5 Å². The van der Waals surface area contributed by atoms with Crippen LogP contribution in [0, 0.1) is 10.1 Å². The van der Waals surface area contributed by atoms with Gasteiger partial charge in [0.05, 0.1) is 21.7 Å². The molecule has 0 fully saturated rings. The maximum absolute atomic E-state index is 11.9. The van der Waals surface area contributed by atoms with Crippen molar-refractivity contribution in [2.45, 2.75) is 6.54 Å². The molecular formula is C12H11ClN4O3. The standard InChI is InChI=1S/C12H11ClN4O3/c1-16-7-8(6-15-16)5-14-12(18)10-3-2-9(17(19)20)4-11(10)13/h2-4,6-7H,5H2,1H3,(H,14,18). The third-order valence-corrected chi connectivity index (χ3v) is 2.93. The zero-order chi connectivity index (χ0) is 14.7. The Balaban J connectivity index is 2.07. The molecule has 1 heterocycles. The topological polar surface area (TPSA) is 90.1 Å². The lowest BCUT2D eigenvalue weighted by Gasteiger charge is -2.05. The number of benzene rings is 1. The lowest BCUT2D eigenvalue weighted by Crippen LogP contribution is -2.22. The van der Waals surface area contributed by atoms with Crippen LogP contribution in [-0.4, -0.2) is 20.6 Å². The molecule has 0 saturated heterocycles. The fourth-order valence-corrected chi connectivity index (χ4v) is 1.90. The average Bonchev–Trinajstić information content (AvgIpc) is 2.81. The molecule has 0 aliphatic carbocycles. The van der Waals surface area contributed by atoms with Crippen molar-refractivity contribution >= 4 is 23.2 Å². The zero-order valence-corrected chi connectivity index (χ0v) is 11.3. The quantitative estimate of drug-likeness (QED) is 0.689.